The Morgan fingerprint density at radius 3 is 2.95 bits per heavy atom. The second-order valence-electron chi connectivity index (χ2n) is 4.59. The SMILES string of the molecule is O=C(Cc1cn2ccsc2n1)NCCc1ccccc1. The maximum absolute atomic E-state index is 11.8. The highest BCUT2D eigenvalue weighted by molar-refractivity contribution is 7.15. The van der Waals surface area contributed by atoms with Crippen LogP contribution in [0.15, 0.2) is 48.1 Å². The van der Waals surface area contributed by atoms with Crippen molar-refractivity contribution in [1.29, 1.82) is 0 Å². The summed E-state index contributed by atoms with van der Waals surface area (Å²) in [5, 5.41) is 4.91. The van der Waals surface area contributed by atoms with Crippen molar-refractivity contribution < 1.29 is 4.79 Å². The quantitative estimate of drug-likeness (QED) is 0.782. The Kier molecular flexibility index (Phi) is 3.78. The molecule has 0 saturated carbocycles. The first-order chi connectivity index (χ1) is 9.81. The van der Waals surface area contributed by atoms with E-state index in [1.165, 1.54) is 5.56 Å². The molecule has 0 saturated heterocycles. The summed E-state index contributed by atoms with van der Waals surface area (Å²) >= 11 is 1.57. The molecular weight excluding hydrogens is 270 g/mol. The molecular formula is C15H15N3OS. The van der Waals surface area contributed by atoms with Crippen LogP contribution in [-0.4, -0.2) is 21.8 Å². The van der Waals surface area contributed by atoms with Crippen LogP contribution >= 0.6 is 11.3 Å². The van der Waals surface area contributed by atoms with Crippen molar-refractivity contribution in [3.8, 4) is 0 Å². The summed E-state index contributed by atoms with van der Waals surface area (Å²) in [5.74, 6) is 0.0201. The van der Waals surface area contributed by atoms with Gasteiger partial charge in [-0.1, -0.05) is 30.3 Å². The normalized spacial score (nSPS) is 10.8. The van der Waals surface area contributed by atoms with Gasteiger partial charge in [-0.3, -0.25) is 9.20 Å². The average Bonchev–Trinajstić information content (AvgIpc) is 3.01. The Balaban J connectivity index is 1.49. The zero-order valence-electron chi connectivity index (χ0n) is 11.0. The second-order valence-corrected chi connectivity index (χ2v) is 5.46. The van der Waals surface area contributed by atoms with Crippen molar-refractivity contribution >= 4 is 22.2 Å². The molecule has 4 nitrogen and oxygen atoms in total. The first kappa shape index (κ1) is 12.9. The zero-order valence-corrected chi connectivity index (χ0v) is 11.8. The molecule has 3 aromatic rings. The molecule has 0 bridgehead atoms. The van der Waals surface area contributed by atoms with E-state index in [0.29, 0.717) is 13.0 Å². The van der Waals surface area contributed by atoms with Crippen molar-refractivity contribution in [1.82, 2.24) is 14.7 Å². The van der Waals surface area contributed by atoms with E-state index in [0.717, 1.165) is 17.1 Å². The maximum Gasteiger partial charge on any atom is 0.226 e. The van der Waals surface area contributed by atoms with Gasteiger partial charge in [0.05, 0.1) is 12.1 Å². The molecule has 0 spiro atoms. The number of nitrogens with one attached hydrogen (secondary N) is 1. The summed E-state index contributed by atoms with van der Waals surface area (Å²) in [6.07, 6.45) is 5.04. The molecule has 0 atom stereocenters. The molecule has 0 aliphatic heterocycles. The van der Waals surface area contributed by atoms with Crippen LogP contribution in [0, 0.1) is 0 Å². The van der Waals surface area contributed by atoms with E-state index in [9.17, 15) is 4.79 Å². The molecule has 0 aliphatic rings. The number of benzene rings is 1. The lowest BCUT2D eigenvalue weighted by Gasteiger charge is -2.04. The number of hydrogen-bond acceptors (Lipinski definition) is 3. The molecule has 2 heterocycles. The van der Waals surface area contributed by atoms with Crippen LogP contribution in [0.25, 0.3) is 4.96 Å². The largest absolute Gasteiger partial charge is 0.355 e. The monoisotopic (exact) mass is 285 g/mol. The molecule has 20 heavy (non-hydrogen) atoms. The van der Waals surface area contributed by atoms with E-state index in [-0.39, 0.29) is 5.91 Å². The van der Waals surface area contributed by atoms with Gasteiger partial charge in [0.25, 0.3) is 0 Å². The number of carbonyl (C=O) groups excluding carboxylic acids is 1. The van der Waals surface area contributed by atoms with E-state index in [2.05, 4.69) is 22.4 Å². The number of amides is 1. The fourth-order valence-corrected chi connectivity index (χ4v) is 2.80. The van der Waals surface area contributed by atoms with E-state index in [1.54, 1.807) is 11.3 Å². The van der Waals surface area contributed by atoms with Crippen LogP contribution in [0.4, 0.5) is 0 Å². The third-order valence-electron chi connectivity index (χ3n) is 3.06. The van der Waals surface area contributed by atoms with Gasteiger partial charge in [-0.05, 0) is 12.0 Å². The number of hydrogen-bond donors (Lipinski definition) is 1. The molecule has 1 N–H and O–H groups in total. The minimum absolute atomic E-state index is 0.0201. The van der Waals surface area contributed by atoms with Gasteiger partial charge in [-0.2, -0.15) is 0 Å². The van der Waals surface area contributed by atoms with E-state index in [1.807, 2.05) is 40.4 Å². The van der Waals surface area contributed by atoms with Crippen molar-refractivity contribution in [2.45, 2.75) is 12.8 Å². The summed E-state index contributed by atoms with van der Waals surface area (Å²) in [5.41, 5.74) is 2.05. The third kappa shape index (κ3) is 3.05. The zero-order chi connectivity index (χ0) is 13.8. The van der Waals surface area contributed by atoms with E-state index < -0.39 is 0 Å². The summed E-state index contributed by atoms with van der Waals surface area (Å²) in [7, 11) is 0. The summed E-state index contributed by atoms with van der Waals surface area (Å²) < 4.78 is 1.94. The molecule has 1 aromatic carbocycles. The molecule has 5 heteroatoms. The van der Waals surface area contributed by atoms with E-state index in [4.69, 9.17) is 0 Å². The number of imidazole rings is 1. The lowest BCUT2D eigenvalue weighted by atomic mass is 10.1. The molecule has 2 aromatic heterocycles. The predicted molar refractivity (Wildman–Crippen MR) is 79.9 cm³/mol. The summed E-state index contributed by atoms with van der Waals surface area (Å²) in [6, 6.07) is 10.1. The Labute approximate surface area is 121 Å². The lowest BCUT2D eigenvalue weighted by Crippen LogP contribution is -2.27. The molecule has 3 rings (SSSR count). The topological polar surface area (TPSA) is 46.4 Å². The first-order valence-electron chi connectivity index (χ1n) is 6.53. The Hall–Kier alpha value is -2.14. The maximum atomic E-state index is 11.8. The van der Waals surface area contributed by atoms with Gasteiger partial charge in [0, 0.05) is 24.3 Å². The second kappa shape index (κ2) is 5.88. The highest BCUT2D eigenvalue weighted by Gasteiger charge is 2.07. The van der Waals surface area contributed by atoms with Crippen molar-refractivity contribution in [3.63, 3.8) is 0 Å². The highest BCUT2D eigenvalue weighted by Crippen LogP contribution is 2.11. The van der Waals surface area contributed by atoms with Crippen LogP contribution < -0.4 is 5.32 Å². The van der Waals surface area contributed by atoms with Gasteiger partial charge in [0.2, 0.25) is 5.91 Å². The van der Waals surface area contributed by atoms with Gasteiger partial charge in [0.1, 0.15) is 0 Å². The van der Waals surface area contributed by atoms with Crippen LogP contribution in [-0.2, 0) is 17.6 Å². The average molecular weight is 285 g/mol. The van der Waals surface area contributed by atoms with Crippen molar-refractivity contribution in [2.24, 2.45) is 0 Å². The molecule has 0 fully saturated rings. The van der Waals surface area contributed by atoms with Gasteiger partial charge in [-0.25, -0.2) is 4.98 Å². The fraction of sp³-hybridized carbons (Fsp3) is 0.200. The van der Waals surface area contributed by atoms with Crippen molar-refractivity contribution in [3.05, 3.63) is 59.4 Å². The van der Waals surface area contributed by atoms with Crippen LogP contribution in [0.5, 0.6) is 0 Å². The van der Waals surface area contributed by atoms with Gasteiger partial charge >= 0.3 is 0 Å². The minimum Gasteiger partial charge on any atom is -0.355 e. The van der Waals surface area contributed by atoms with E-state index >= 15 is 0 Å². The number of thiazole rings is 1. The fourth-order valence-electron chi connectivity index (χ4n) is 2.08. The number of fused-ring (bicyclic) bond motifs is 1. The predicted octanol–water partition coefficient (Wildman–Crippen LogP) is 2.30. The number of rotatable bonds is 5. The van der Waals surface area contributed by atoms with Gasteiger partial charge in [0.15, 0.2) is 4.96 Å². The van der Waals surface area contributed by atoms with Crippen LogP contribution in [0.2, 0.25) is 0 Å². The number of nitrogens with zero attached hydrogens (tertiary/aromatic N) is 2. The molecule has 102 valence electrons. The highest BCUT2D eigenvalue weighted by atomic mass is 32.1. The number of aromatic nitrogens is 2. The molecule has 0 unspecified atom stereocenters. The summed E-state index contributed by atoms with van der Waals surface area (Å²) in [4.78, 5) is 17.2. The Morgan fingerprint density at radius 2 is 2.15 bits per heavy atom. The van der Waals surface area contributed by atoms with Gasteiger partial charge in [-0.15, -0.1) is 11.3 Å². The Morgan fingerprint density at radius 1 is 1.30 bits per heavy atom. The van der Waals surface area contributed by atoms with Crippen molar-refractivity contribution in [2.75, 3.05) is 6.54 Å². The number of carbonyl (C=O) groups is 1. The Bertz CT molecular complexity index is 674. The standard InChI is InChI=1S/C15H15N3OS/c19-14(16-7-6-12-4-2-1-3-5-12)10-13-11-18-8-9-20-15(18)17-13/h1-5,8-9,11H,6-7,10H2,(H,16,19). The van der Waals surface area contributed by atoms with Gasteiger partial charge < -0.3 is 5.32 Å². The van der Waals surface area contributed by atoms with Crippen LogP contribution in [0.3, 0.4) is 0 Å². The third-order valence-corrected chi connectivity index (χ3v) is 3.83. The minimum atomic E-state index is 0.0201. The molecule has 1 amide bonds. The van der Waals surface area contributed by atoms with Crippen LogP contribution in [0.1, 0.15) is 11.3 Å². The lowest BCUT2D eigenvalue weighted by molar-refractivity contribution is -0.120. The molecule has 0 aliphatic carbocycles. The smallest absolute Gasteiger partial charge is 0.226 e. The summed E-state index contributed by atoms with van der Waals surface area (Å²) in [6.45, 7) is 0.658. The molecule has 0 radical (unpaired) electrons. The first-order valence-corrected chi connectivity index (χ1v) is 7.41.